The Bertz CT molecular complexity index is 1000. The van der Waals surface area contributed by atoms with Crippen LogP contribution >= 0.6 is 11.3 Å². The monoisotopic (exact) mass is 426 g/mol. The molecule has 2 aromatic carbocycles. The van der Waals surface area contributed by atoms with Crippen molar-refractivity contribution in [1.29, 1.82) is 0 Å². The van der Waals surface area contributed by atoms with Gasteiger partial charge in [0.15, 0.2) is 4.80 Å². The smallest absolute Gasteiger partial charge is 0.190 e. The van der Waals surface area contributed by atoms with Crippen LogP contribution < -0.4 is 15.4 Å². The van der Waals surface area contributed by atoms with Gasteiger partial charge in [0, 0.05) is 30.7 Å². The first kappa shape index (κ1) is 20.8. The molecule has 0 bridgehead atoms. The molecule has 0 unspecified atom stereocenters. The van der Waals surface area contributed by atoms with Crippen molar-refractivity contribution in [3.8, 4) is 11.3 Å². The molecule has 1 aliphatic rings. The first-order chi connectivity index (χ1) is 14.7. The molecule has 3 aromatic rings. The molecular weight excluding hydrogens is 399 g/mol. The Morgan fingerprint density at radius 1 is 1.00 bits per heavy atom. The summed E-state index contributed by atoms with van der Waals surface area (Å²) in [6.45, 7) is 4.94. The van der Waals surface area contributed by atoms with Gasteiger partial charge in [0.05, 0.1) is 24.6 Å². The molecule has 0 radical (unpaired) electrons. The summed E-state index contributed by atoms with van der Waals surface area (Å²) in [5.41, 5.74) is 9.98. The van der Waals surface area contributed by atoms with E-state index in [9.17, 15) is 4.39 Å². The summed E-state index contributed by atoms with van der Waals surface area (Å²) in [7, 11) is 0. The van der Waals surface area contributed by atoms with Gasteiger partial charge in [-0.05, 0) is 61.3 Å². The van der Waals surface area contributed by atoms with E-state index < -0.39 is 0 Å². The van der Waals surface area contributed by atoms with Gasteiger partial charge in [-0.25, -0.2) is 9.38 Å². The molecule has 5 nitrogen and oxygen atoms in total. The first-order valence-corrected chi connectivity index (χ1v) is 11.2. The molecule has 0 aliphatic carbocycles. The number of hydrogen-bond donors (Lipinski definition) is 1. The molecule has 30 heavy (non-hydrogen) atoms. The lowest BCUT2D eigenvalue weighted by Crippen LogP contribution is -2.36. The van der Waals surface area contributed by atoms with Crippen LogP contribution in [-0.2, 0) is 11.3 Å². The van der Waals surface area contributed by atoms with Crippen LogP contribution in [-0.4, -0.2) is 37.4 Å². The zero-order valence-electron chi connectivity index (χ0n) is 17.0. The minimum absolute atomic E-state index is 0.253. The van der Waals surface area contributed by atoms with Crippen LogP contribution in [0.4, 0.5) is 15.8 Å². The Kier molecular flexibility index (Phi) is 6.94. The third-order valence-electron chi connectivity index (χ3n) is 5.22. The van der Waals surface area contributed by atoms with Gasteiger partial charge in [-0.1, -0.05) is 12.1 Å². The van der Waals surface area contributed by atoms with Crippen LogP contribution in [0.3, 0.4) is 0 Å². The van der Waals surface area contributed by atoms with E-state index >= 15 is 0 Å². The Labute approximate surface area is 180 Å². The number of morpholine rings is 1. The van der Waals surface area contributed by atoms with Gasteiger partial charge in [-0.2, -0.15) is 0 Å². The largest absolute Gasteiger partial charge is 0.378 e. The van der Waals surface area contributed by atoms with Gasteiger partial charge >= 0.3 is 0 Å². The summed E-state index contributed by atoms with van der Waals surface area (Å²) < 4.78 is 20.9. The number of rotatable bonds is 7. The van der Waals surface area contributed by atoms with Crippen molar-refractivity contribution in [3.05, 3.63) is 64.5 Å². The van der Waals surface area contributed by atoms with Crippen molar-refractivity contribution < 1.29 is 9.13 Å². The second-order valence-corrected chi connectivity index (χ2v) is 8.12. The number of thiazole rings is 1. The molecule has 2 heterocycles. The molecule has 1 aliphatic heterocycles. The summed E-state index contributed by atoms with van der Waals surface area (Å²) in [5, 5.41) is 2.15. The summed E-state index contributed by atoms with van der Waals surface area (Å²) in [6.07, 6.45) is 1.96. The van der Waals surface area contributed by atoms with Crippen molar-refractivity contribution in [3.63, 3.8) is 0 Å². The number of nitrogens with zero attached hydrogens (tertiary/aromatic N) is 3. The van der Waals surface area contributed by atoms with E-state index in [0.717, 1.165) is 67.4 Å². The average Bonchev–Trinajstić information content (AvgIpc) is 3.18. The molecule has 0 atom stereocenters. The number of halogens is 1. The molecular formula is C23H27FN4OS. The van der Waals surface area contributed by atoms with E-state index in [1.807, 2.05) is 0 Å². The number of nitrogens with two attached hydrogens (primary N) is 1. The molecule has 2 N–H and O–H groups in total. The fraction of sp³-hybridized carbons (Fsp3) is 0.348. The van der Waals surface area contributed by atoms with Crippen molar-refractivity contribution in [2.75, 3.05) is 37.7 Å². The first-order valence-electron chi connectivity index (χ1n) is 10.4. The number of unbranched alkanes of at least 4 members (excludes halogenated alkanes) is 1. The highest BCUT2D eigenvalue weighted by Crippen LogP contribution is 2.25. The fourth-order valence-electron chi connectivity index (χ4n) is 3.57. The van der Waals surface area contributed by atoms with Gasteiger partial charge in [-0.3, -0.25) is 0 Å². The predicted molar refractivity (Wildman–Crippen MR) is 121 cm³/mol. The normalized spacial score (nSPS) is 15.0. The van der Waals surface area contributed by atoms with Crippen LogP contribution in [0.15, 0.2) is 58.9 Å². The van der Waals surface area contributed by atoms with Crippen LogP contribution in [0.1, 0.15) is 12.8 Å². The number of benzene rings is 2. The minimum Gasteiger partial charge on any atom is -0.378 e. The van der Waals surface area contributed by atoms with E-state index in [0.29, 0.717) is 6.54 Å². The van der Waals surface area contributed by atoms with Gasteiger partial charge < -0.3 is 19.9 Å². The maximum atomic E-state index is 13.2. The molecule has 4 rings (SSSR count). The summed E-state index contributed by atoms with van der Waals surface area (Å²) in [5.74, 6) is -0.253. The van der Waals surface area contributed by atoms with E-state index in [4.69, 9.17) is 15.5 Å². The third-order valence-corrected chi connectivity index (χ3v) is 6.09. The maximum absolute atomic E-state index is 13.2. The molecule has 158 valence electrons. The van der Waals surface area contributed by atoms with Crippen molar-refractivity contribution >= 4 is 22.7 Å². The molecule has 1 aromatic heterocycles. The zero-order valence-corrected chi connectivity index (χ0v) is 17.8. The van der Waals surface area contributed by atoms with Gasteiger partial charge in [0.2, 0.25) is 0 Å². The number of ether oxygens (including phenoxy) is 1. The van der Waals surface area contributed by atoms with Crippen molar-refractivity contribution in [2.24, 2.45) is 10.7 Å². The topological polar surface area (TPSA) is 55.8 Å². The van der Waals surface area contributed by atoms with Gasteiger partial charge in [-0.15, -0.1) is 11.3 Å². The quantitative estimate of drug-likeness (QED) is 0.577. The molecule has 1 saturated heterocycles. The number of hydrogen-bond acceptors (Lipinski definition) is 5. The highest BCUT2D eigenvalue weighted by Gasteiger charge is 2.13. The Morgan fingerprint density at radius 2 is 1.73 bits per heavy atom. The highest BCUT2D eigenvalue weighted by atomic mass is 32.1. The fourth-order valence-corrected chi connectivity index (χ4v) is 4.53. The highest BCUT2D eigenvalue weighted by molar-refractivity contribution is 7.07. The maximum Gasteiger partial charge on any atom is 0.190 e. The lowest BCUT2D eigenvalue weighted by Gasteiger charge is -2.28. The molecule has 0 amide bonds. The second-order valence-electron chi connectivity index (χ2n) is 7.29. The van der Waals surface area contributed by atoms with E-state index in [2.05, 4.69) is 39.1 Å². The van der Waals surface area contributed by atoms with Crippen LogP contribution in [0, 0.1) is 5.82 Å². The Morgan fingerprint density at radius 3 is 2.43 bits per heavy atom. The molecule has 7 heteroatoms. The Balaban J connectivity index is 1.65. The third kappa shape index (κ3) is 4.98. The summed E-state index contributed by atoms with van der Waals surface area (Å²) in [4.78, 5) is 8.02. The van der Waals surface area contributed by atoms with Crippen LogP contribution in [0.25, 0.3) is 11.3 Å². The summed E-state index contributed by atoms with van der Waals surface area (Å²) >= 11 is 1.60. The second kappa shape index (κ2) is 10.0. The summed E-state index contributed by atoms with van der Waals surface area (Å²) in [6, 6.07) is 15.0. The van der Waals surface area contributed by atoms with Gasteiger partial charge in [0.1, 0.15) is 5.82 Å². The lowest BCUT2D eigenvalue weighted by molar-refractivity contribution is 0.122. The average molecular weight is 427 g/mol. The van der Waals surface area contributed by atoms with E-state index in [1.54, 1.807) is 23.5 Å². The minimum atomic E-state index is -0.253. The number of aromatic nitrogens is 1. The molecule has 0 saturated carbocycles. The molecule has 0 spiro atoms. The van der Waals surface area contributed by atoms with Crippen LogP contribution in [0.5, 0.6) is 0 Å². The van der Waals surface area contributed by atoms with E-state index in [1.165, 1.54) is 17.8 Å². The number of anilines is 1. The standard InChI is InChI=1S/C23H27FN4OS/c24-19-5-7-20(8-6-19)26-23-28(12-2-1-11-25)22(17-30-23)18-3-9-21(10-4-18)27-13-15-29-16-14-27/h3-10,17H,1-2,11-16,25H2/b26-23-. The van der Waals surface area contributed by atoms with Gasteiger partial charge in [0.25, 0.3) is 0 Å². The SMILES string of the molecule is NCCCCn1c(-c2ccc(N3CCOCC3)cc2)cs/c1=N\c1ccc(F)cc1. The lowest BCUT2D eigenvalue weighted by atomic mass is 10.1. The zero-order chi connectivity index (χ0) is 20.8. The Hall–Kier alpha value is -2.48. The molecule has 1 fully saturated rings. The van der Waals surface area contributed by atoms with Crippen molar-refractivity contribution in [2.45, 2.75) is 19.4 Å². The predicted octanol–water partition coefficient (Wildman–Crippen LogP) is 4.16. The van der Waals surface area contributed by atoms with Crippen molar-refractivity contribution in [1.82, 2.24) is 4.57 Å². The van der Waals surface area contributed by atoms with E-state index in [-0.39, 0.29) is 5.82 Å². The van der Waals surface area contributed by atoms with Crippen LogP contribution in [0.2, 0.25) is 0 Å².